The highest BCUT2D eigenvalue weighted by Gasteiger charge is 2.15. The highest BCUT2D eigenvalue weighted by Crippen LogP contribution is 2.21. The molecule has 0 aliphatic carbocycles. The van der Waals surface area contributed by atoms with Crippen LogP contribution in [-0.4, -0.2) is 25.7 Å². The molecule has 1 N–H and O–H groups in total. The van der Waals surface area contributed by atoms with Crippen molar-refractivity contribution in [1.29, 1.82) is 0 Å². The van der Waals surface area contributed by atoms with Crippen LogP contribution in [0.2, 0.25) is 5.15 Å². The summed E-state index contributed by atoms with van der Waals surface area (Å²) in [6.07, 6.45) is 1.66. The molecule has 5 nitrogen and oxygen atoms in total. The van der Waals surface area contributed by atoms with Crippen molar-refractivity contribution in [3.8, 4) is 11.3 Å². The molecule has 0 radical (unpaired) electrons. The van der Waals surface area contributed by atoms with E-state index in [0.717, 1.165) is 5.56 Å². The van der Waals surface area contributed by atoms with Crippen molar-refractivity contribution >= 4 is 23.2 Å². The van der Waals surface area contributed by atoms with E-state index in [9.17, 15) is 4.79 Å². The fourth-order valence-corrected chi connectivity index (χ4v) is 2.04. The normalized spacial score (nSPS) is 10.8. The van der Waals surface area contributed by atoms with Gasteiger partial charge in [0.15, 0.2) is 10.8 Å². The van der Waals surface area contributed by atoms with Gasteiger partial charge in [0.25, 0.3) is 0 Å². The predicted octanol–water partition coefficient (Wildman–Crippen LogP) is 2.75. The van der Waals surface area contributed by atoms with E-state index in [4.69, 9.17) is 16.7 Å². The first-order valence-corrected chi connectivity index (χ1v) is 5.87. The number of aromatic carboxylic acids is 1. The average molecular weight is 274 g/mol. The summed E-state index contributed by atoms with van der Waals surface area (Å²) in [5, 5.41) is 13.3. The molecule has 19 heavy (non-hydrogen) atoms. The SMILES string of the molecule is O=C(O)c1cc(Cl)nn2cc(-c3ccccc3)nc12. The lowest BCUT2D eigenvalue weighted by Crippen LogP contribution is -2.03. The molecule has 0 saturated carbocycles. The van der Waals surface area contributed by atoms with Crippen molar-refractivity contribution in [2.24, 2.45) is 0 Å². The summed E-state index contributed by atoms with van der Waals surface area (Å²) in [4.78, 5) is 15.5. The quantitative estimate of drug-likeness (QED) is 0.779. The minimum Gasteiger partial charge on any atom is -0.478 e. The largest absolute Gasteiger partial charge is 0.478 e. The number of nitrogens with zero attached hydrogens (tertiary/aromatic N) is 3. The molecule has 0 aliphatic heterocycles. The van der Waals surface area contributed by atoms with Crippen LogP contribution >= 0.6 is 11.6 Å². The number of fused-ring (bicyclic) bond motifs is 1. The molecule has 0 bridgehead atoms. The fraction of sp³-hybridized carbons (Fsp3) is 0. The van der Waals surface area contributed by atoms with Crippen molar-refractivity contribution in [2.75, 3.05) is 0 Å². The third kappa shape index (κ3) is 2.04. The third-order valence-corrected chi connectivity index (χ3v) is 2.88. The molecule has 0 amide bonds. The molecule has 94 valence electrons. The fourth-order valence-electron chi connectivity index (χ4n) is 1.85. The van der Waals surface area contributed by atoms with Gasteiger partial charge in [-0.2, -0.15) is 5.10 Å². The first-order valence-electron chi connectivity index (χ1n) is 5.50. The van der Waals surface area contributed by atoms with Gasteiger partial charge in [-0.25, -0.2) is 14.3 Å². The van der Waals surface area contributed by atoms with Gasteiger partial charge in [0, 0.05) is 5.56 Å². The van der Waals surface area contributed by atoms with Crippen LogP contribution in [0.1, 0.15) is 10.4 Å². The number of benzene rings is 1. The minimum atomic E-state index is -1.08. The molecule has 3 aromatic rings. The molecule has 0 aliphatic rings. The Morgan fingerprint density at radius 3 is 2.68 bits per heavy atom. The summed E-state index contributed by atoms with van der Waals surface area (Å²) >= 11 is 5.80. The molecule has 2 heterocycles. The van der Waals surface area contributed by atoms with Crippen LogP contribution in [0.3, 0.4) is 0 Å². The molecule has 0 saturated heterocycles. The van der Waals surface area contributed by atoms with Crippen LogP contribution in [-0.2, 0) is 0 Å². The van der Waals surface area contributed by atoms with Crippen molar-refractivity contribution < 1.29 is 9.90 Å². The molecule has 0 fully saturated rings. The summed E-state index contributed by atoms with van der Waals surface area (Å²) in [6.45, 7) is 0. The van der Waals surface area contributed by atoms with E-state index >= 15 is 0 Å². The summed E-state index contributed by atoms with van der Waals surface area (Å²) in [5.41, 5.74) is 1.84. The lowest BCUT2D eigenvalue weighted by Gasteiger charge is -1.97. The van der Waals surface area contributed by atoms with E-state index in [2.05, 4.69) is 10.1 Å². The number of aromatic nitrogens is 3. The van der Waals surface area contributed by atoms with Gasteiger partial charge >= 0.3 is 5.97 Å². The highest BCUT2D eigenvalue weighted by molar-refractivity contribution is 6.29. The Bertz CT molecular complexity index is 768. The van der Waals surface area contributed by atoms with Gasteiger partial charge in [0.2, 0.25) is 0 Å². The zero-order chi connectivity index (χ0) is 13.4. The number of carboxylic acids is 1. The van der Waals surface area contributed by atoms with Gasteiger partial charge < -0.3 is 5.11 Å². The first kappa shape index (κ1) is 11.7. The first-order chi connectivity index (χ1) is 9.15. The van der Waals surface area contributed by atoms with Crippen LogP contribution < -0.4 is 0 Å². The summed E-state index contributed by atoms with van der Waals surface area (Å²) < 4.78 is 1.38. The Hall–Kier alpha value is -2.40. The molecule has 0 unspecified atom stereocenters. The number of hydrogen-bond donors (Lipinski definition) is 1. The number of rotatable bonds is 2. The maximum absolute atomic E-state index is 11.2. The number of carboxylic acid groups (broad SMARTS) is 1. The van der Waals surface area contributed by atoms with Crippen molar-refractivity contribution in [2.45, 2.75) is 0 Å². The Morgan fingerprint density at radius 2 is 2.00 bits per heavy atom. The molecule has 0 atom stereocenters. The van der Waals surface area contributed by atoms with Crippen molar-refractivity contribution in [1.82, 2.24) is 14.6 Å². The molecule has 1 aromatic carbocycles. The smallest absolute Gasteiger partial charge is 0.339 e. The summed E-state index contributed by atoms with van der Waals surface area (Å²) in [5.74, 6) is -1.08. The summed E-state index contributed by atoms with van der Waals surface area (Å²) in [6, 6.07) is 10.8. The Labute approximate surface area is 113 Å². The van der Waals surface area contributed by atoms with E-state index in [1.807, 2.05) is 30.3 Å². The standard InChI is InChI=1S/C13H8ClN3O2/c14-11-6-9(13(18)19)12-15-10(7-17(12)16-11)8-4-2-1-3-5-8/h1-7H,(H,18,19). The van der Waals surface area contributed by atoms with Crippen LogP contribution in [0.25, 0.3) is 16.9 Å². The van der Waals surface area contributed by atoms with E-state index in [0.29, 0.717) is 5.69 Å². The number of hydrogen-bond acceptors (Lipinski definition) is 3. The van der Waals surface area contributed by atoms with Gasteiger partial charge in [-0.05, 0) is 6.07 Å². The van der Waals surface area contributed by atoms with Crippen LogP contribution in [0, 0.1) is 0 Å². The van der Waals surface area contributed by atoms with Gasteiger partial charge in [0.1, 0.15) is 5.56 Å². The molecular formula is C13H8ClN3O2. The Morgan fingerprint density at radius 1 is 1.26 bits per heavy atom. The zero-order valence-corrected chi connectivity index (χ0v) is 10.4. The monoisotopic (exact) mass is 273 g/mol. The van der Waals surface area contributed by atoms with Gasteiger partial charge in [-0.1, -0.05) is 41.9 Å². The number of carbonyl (C=O) groups is 1. The second kappa shape index (κ2) is 4.37. The van der Waals surface area contributed by atoms with E-state index < -0.39 is 5.97 Å². The van der Waals surface area contributed by atoms with E-state index in [1.165, 1.54) is 10.6 Å². The molecule has 2 aromatic heterocycles. The molecule has 0 spiro atoms. The molecule has 3 rings (SSSR count). The van der Waals surface area contributed by atoms with Gasteiger partial charge in [-0.3, -0.25) is 0 Å². The third-order valence-electron chi connectivity index (χ3n) is 2.70. The van der Waals surface area contributed by atoms with Crippen molar-refractivity contribution in [3.63, 3.8) is 0 Å². The Balaban J connectivity index is 2.26. The zero-order valence-electron chi connectivity index (χ0n) is 9.62. The maximum atomic E-state index is 11.2. The number of halogens is 1. The molecule has 6 heteroatoms. The lowest BCUT2D eigenvalue weighted by molar-refractivity contribution is 0.0698. The summed E-state index contributed by atoms with van der Waals surface area (Å²) in [7, 11) is 0. The maximum Gasteiger partial charge on any atom is 0.339 e. The number of imidazole rings is 1. The lowest BCUT2D eigenvalue weighted by atomic mass is 10.2. The van der Waals surface area contributed by atoms with Crippen LogP contribution in [0.5, 0.6) is 0 Å². The van der Waals surface area contributed by atoms with Crippen LogP contribution in [0.4, 0.5) is 0 Å². The minimum absolute atomic E-state index is 0.0298. The van der Waals surface area contributed by atoms with E-state index in [1.54, 1.807) is 6.20 Å². The molecular weight excluding hydrogens is 266 g/mol. The highest BCUT2D eigenvalue weighted by atomic mass is 35.5. The second-order valence-electron chi connectivity index (χ2n) is 3.95. The topological polar surface area (TPSA) is 67.5 Å². The Kier molecular flexibility index (Phi) is 2.68. The van der Waals surface area contributed by atoms with E-state index in [-0.39, 0.29) is 16.4 Å². The van der Waals surface area contributed by atoms with Crippen LogP contribution in [0.15, 0.2) is 42.6 Å². The second-order valence-corrected chi connectivity index (χ2v) is 4.33. The predicted molar refractivity (Wildman–Crippen MR) is 70.4 cm³/mol. The van der Waals surface area contributed by atoms with Gasteiger partial charge in [-0.15, -0.1) is 0 Å². The van der Waals surface area contributed by atoms with Gasteiger partial charge in [0.05, 0.1) is 11.9 Å². The average Bonchev–Trinajstić information content (AvgIpc) is 2.82. The van der Waals surface area contributed by atoms with Crippen molar-refractivity contribution in [3.05, 3.63) is 53.3 Å².